The van der Waals surface area contributed by atoms with Crippen LogP contribution in [0.1, 0.15) is 84.0 Å². The fourth-order valence-electron chi connectivity index (χ4n) is 5.13. The summed E-state index contributed by atoms with van der Waals surface area (Å²) in [4.78, 5) is 64.2. The first-order chi connectivity index (χ1) is 27.9. The number of thioether (sulfide) groups is 2. The highest BCUT2D eigenvalue weighted by atomic mass is 32.2. The third-order valence-electron chi connectivity index (χ3n) is 7.85. The fraction of sp³-hybridized carbons (Fsp3) is 0.417. The molecule has 12 N–H and O–H groups in total. The van der Waals surface area contributed by atoms with Crippen LogP contribution in [0.5, 0.6) is 0 Å². The molecule has 1 aromatic heterocycles. The molecule has 0 aliphatic rings. The second-order valence-corrected chi connectivity index (χ2v) is 14.8. The Bertz CT molecular complexity index is 1980. The van der Waals surface area contributed by atoms with Crippen molar-refractivity contribution < 1.29 is 45.5 Å². The van der Waals surface area contributed by atoms with E-state index >= 15 is 0 Å². The number of nitrogens with one attached hydrogen (secondary N) is 4. The van der Waals surface area contributed by atoms with Crippen LogP contribution >= 0.6 is 23.5 Å². The normalized spacial score (nSPS) is 11.5. The number of aromatic nitrogens is 2. The van der Waals surface area contributed by atoms with E-state index in [2.05, 4.69) is 36.2 Å². The van der Waals surface area contributed by atoms with Crippen LogP contribution in [0.4, 0.5) is 49.1 Å². The topological polar surface area (TPSA) is 259 Å². The number of aliphatic imine (C=N–C) groups is 1. The molecule has 322 valence electrons. The second kappa shape index (κ2) is 22.9. The average molecular weight is 874 g/mol. The monoisotopic (exact) mass is 873 g/mol. The molecule has 0 fully saturated rings. The number of halogens is 6. The molecule has 0 radical (unpaired) electrons. The van der Waals surface area contributed by atoms with Crippen LogP contribution < -0.4 is 44.2 Å². The Balaban J connectivity index is 1.97. The summed E-state index contributed by atoms with van der Waals surface area (Å²) >= 11 is 1.94. The number of hydrogen-bond acceptors (Lipinski definition) is 11. The average Bonchev–Trinajstić information content (AvgIpc) is 3.16. The Hall–Kier alpha value is -5.13. The van der Waals surface area contributed by atoms with Gasteiger partial charge in [0.1, 0.15) is 17.7 Å². The van der Waals surface area contributed by atoms with Crippen molar-refractivity contribution in [3.63, 3.8) is 0 Å². The minimum atomic E-state index is -4.92. The quantitative estimate of drug-likeness (QED) is 0.0201. The highest BCUT2D eigenvalue weighted by molar-refractivity contribution is 7.99. The summed E-state index contributed by atoms with van der Waals surface area (Å²) in [5, 5.41) is 9.70. The van der Waals surface area contributed by atoms with Crippen molar-refractivity contribution >= 4 is 75.9 Å². The van der Waals surface area contributed by atoms with Crippen LogP contribution in [0.15, 0.2) is 51.4 Å². The molecular formula is C36H45F6N11O4S2. The molecule has 0 saturated carbocycles. The van der Waals surface area contributed by atoms with Gasteiger partial charge in [0.05, 0.1) is 43.7 Å². The molecule has 0 spiro atoms. The number of rotatable bonds is 21. The van der Waals surface area contributed by atoms with Gasteiger partial charge in [-0.1, -0.05) is 19.8 Å². The first-order valence-electron chi connectivity index (χ1n) is 18.1. The molecule has 0 atom stereocenters. The van der Waals surface area contributed by atoms with Gasteiger partial charge in [0.15, 0.2) is 5.96 Å². The highest BCUT2D eigenvalue weighted by Gasteiger charge is 2.34. The van der Waals surface area contributed by atoms with Gasteiger partial charge in [0.2, 0.25) is 11.8 Å². The van der Waals surface area contributed by atoms with Gasteiger partial charge in [-0.05, 0) is 43.5 Å². The van der Waals surface area contributed by atoms with Crippen molar-refractivity contribution in [1.82, 2.24) is 9.97 Å². The van der Waals surface area contributed by atoms with Crippen LogP contribution in [-0.2, 0) is 21.9 Å². The van der Waals surface area contributed by atoms with Gasteiger partial charge < -0.3 is 44.2 Å². The minimum Gasteiger partial charge on any atom is -0.370 e. The van der Waals surface area contributed by atoms with E-state index in [0.717, 1.165) is 60.9 Å². The summed E-state index contributed by atoms with van der Waals surface area (Å²) in [6.45, 7) is 2.33. The standard InChI is InChI=1S/C36H45F6N11O4S2/c1-2-3-4-7-28(54)50-22-14-20(35(37,38)39)16-24(30(22)58-12-9-43)52-32(56)26-18-27(49-19-48-26)33(57)53-25-17-21(36(40,41)42)15-23(31(25)59-13-10-44)51-29(55)8-5-6-11-47-34(45)46/h14-19H,2-13,43-44H2,1H3,(H,50,54)(H,51,55)(H,52,56)(H,53,57)(H4,45,46,47). The summed E-state index contributed by atoms with van der Waals surface area (Å²) in [5.41, 5.74) is 17.3. The molecule has 3 aromatic rings. The summed E-state index contributed by atoms with van der Waals surface area (Å²) in [7, 11) is 0. The first kappa shape index (κ1) is 48.2. The molecule has 1 heterocycles. The van der Waals surface area contributed by atoms with E-state index in [1.165, 1.54) is 0 Å². The predicted octanol–water partition coefficient (Wildman–Crippen LogP) is 6.02. The number of anilines is 4. The molecule has 4 amide bonds. The van der Waals surface area contributed by atoms with Gasteiger partial charge in [0.25, 0.3) is 11.8 Å². The van der Waals surface area contributed by atoms with Crippen LogP contribution in [-0.4, -0.2) is 70.7 Å². The van der Waals surface area contributed by atoms with Crippen LogP contribution in [0, 0.1) is 0 Å². The van der Waals surface area contributed by atoms with Crippen molar-refractivity contribution in [2.75, 3.05) is 52.4 Å². The van der Waals surface area contributed by atoms with Gasteiger partial charge in [-0.15, -0.1) is 23.5 Å². The van der Waals surface area contributed by atoms with E-state index in [4.69, 9.17) is 22.9 Å². The van der Waals surface area contributed by atoms with E-state index in [9.17, 15) is 45.5 Å². The van der Waals surface area contributed by atoms with Crippen molar-refractivity contribution in [1.29, 1.82) is 0 Å². The number of carbonyl (C=O) groups is 4. The van der Waals surface area contributed by atoms with Gasteiger partial charge in [-0.2, -0.15) is 26.3 Å². The highest BCUT2D eigenvalue weighted by Crippen LogP contribution is 2.43. The van der Waals surface area contributed by atoms with Crippen LogP contribution in [0.25, 0.3) is 0 Å². The molecule has 0 aliphatic heterocycles. The Morgan fingerprint density at radius 3 is 1.42 bits per heavy atom. The lowest BCUT2D eigenvalue weighted by molar-refractivity contribution is -0.138. The fourth-order valence-corrected chi connectivity index (χ4v) is 6.84. The van der Waals surface area contributed by atoms with Crippen molar-refractivity contribution in [3.8, 4) is 0 Å². The Morgan fingerprint density at radius 1 is 0.644 bits per heavy atom. The molecule has 15 nitrogen and oxygen atoms in total. The Labute approximate surface area is 344 Å². The third kappa shape index (κ3) is 15.5. The van der Waals surface area contributed by atoms with Crippen LogP contribution in [0.3, 0.4) is 0 Å². The largest absolute Gasteiger partial charge is 0.416 e. The van der Waals surface area contributed by atoms with Crippen LogP contribution in [0.2, 0.25) is 0 Å². The van der Waals surface area contributed by atoms with Crippen molar-refractivity contribution in [3.05, 3.63) is 59.2 Å². The molecule has 0 saturated heterocycles. The number of amides is 4. The molecule has 0 aliphatic carbocycles. The Morgan fingerprint density at radius 2 is 1.05 bits per heavy atom. The van der Waals surface area contributed by atoms with Gasteiger partial charge in [-0.25, -0.2) is 9.97 Å². The predicted molar refractivity (Wildman–Crippen MR) is 216 cm³/mol. The molecule has 2 aromatic carbocycles. The number of hydrogen-bond donors (Lipinski definition) is 8. The number of guanidine groups is 1. The number of carbonyl (C=O) groups excluding carboxylic acids is 4. The summed E-state index contributed by atoms with van der Waals surface area (Å²) in [6.07, 6.45) is -6.29. The zero-order valence-corrected chi connectivity index (χ0v) is 33.5. The van der Waals surface area contributed by atoms with E-state index < -0.39 is 58.5 Å². The van der Waals surface area contributed by atoms with Gasteiger partial charge in [-0.3, -0.25) is 24.2 Å². The summed E-state index contributed by atoms with van der Waals surface area (Å²) < 4.78 is 84.5. The zero-order chi connectivity index (χ0) is 43.8. The summed E-state index contributed by atoms with van der Waals surface area (Å²) in [5.74, 6) is -3.12. The van der Waals surface area contributed by atoms with Crippen molar-refractivity contribution in [2.24, 2.45) is 27.9 Å². The number of nitrogens with two attached hydrogens (primary N) is 4. The van der Waals surface area contributed by atoms with Crippen molar-refractivity contribution in [2.45, 2.75) is 74.0 Å². The maximum Gasteiger partial charge on any atom is 0.416 e. The van der Waals surface area contributed by atoms with E-state index in [1.54, 1.807) is 0 Å². The molecular weight excluding hydrogens is 829 g/mol. The Kier molecular flexibility index (Phi) is 18.7. The maximum absolute atomic E-state index is 14.1. The second-order valence-electron chi connectivity index (χ2n) is 12.6. The SMILES string of the molecule is CCCCCC(=O)Nc1cc(C(F)(F)F)cc(NC(=O)c2cc(C(=O)Nc3cc(C(F)(F)F)cc(NC(=O)CCCCN=C(N)N)c3SCCN)ncn2)c1SCCN. The molecule has 3 rings (SSSR count). The third-order valence-corrected chi connectivity index (χ3v) is 10.2. The zero-order valence-electron chi connectivity index (χ0n) is 31.8. The van der Waals surface area contributed by atoms with E-state index in [1.807, 2.05) is 6.92 Å². The molecule has 0 bridgehead atoms. The van der Waals surface area contributed by atoms with E-state index in [-0.39, 0.29) is 82.5 Å². The smallest absolute Gasteiger partial charge is 0.370 e. The number of nitrogens with zero attached hydrogens (tertiary/aromatic N) is 3. The maximum atomic E-state index is 14.1. The number of alkyl halides is 6. The lowest BCUT2D eigenvalue weighted by atomic mass is 10.1. The molecule has 59 heavy (non-hydrogen) atoms. The first-order valence-corrected chi connectivity index (χ1v) is 20.1. The molecule has 0 unspecified atom stereocenters. The van der Waals surface area contributed by atoms with E-state index in [0.29, 0.717) is 31.4 Å². The summed E-state index contributed by atoms with van der Waals surface area (Å²) in [6, 6.07) is 3.69. The lowest BCUT2D eigenvalue weighted by Gasteiger charge is -2.19. The number of unbranched alkanes of at least 4 members (excludes halogenated alkanes) is 3. The van der Waals surface area contributed by atoms with Gasteiger partial charge >= 0.3 is 12.4 Å². The lowest BCUT2D eigenvalue weighted by Crippen LogP contribution is -2.23. The number of benzene rings is 2. The van der Waals surface area contributed by atoms with Gasteiger partial charge in [0, 0.05) is 50.0 Å². The minimum absolute atomic E-state index is 0.0398. The molecule has 23 heteroatoms.